The normalized spacial score (nSPS) is 13.1. The quantitative estimate of drug-likeness (QED) is 0.418. The zero-order valence-corrected chi connectivity index (χ0v) is 19.5. The molecule has 14 heteroatoms. The molecule has 0 saturated carbocycles. The molecular weight excluding hydrogens is 548 g/mol. The van der Waals surface area contributed by atoms with Crippen molar-refractivity contribution in [2.24, 2.45) is 10.9 Å². The van der Waals surface area contributed by atoms with Crippen molar-refractivity contribution in [3.8, 4) is 0 Å². The van der Waals surface area contributed by atoms with E-state index in [2.05, 4.69) is 26.2 Å². The number of thiazole rings is 1. The first-order chi connectivity index (χ1) is 12.0. The second-order valence-corrected chi connectivity index (χ2v) is 11.3. The average Bonchev–Trinajstić information content (AvgIpc) is 2.87. The molecule has 27 heavy (non-hydrogen) atoms. The minimum Gasteiger partial charge on any atom is -0.354 e. The van der Waals surface area contributed by atoms with Crippen LogP contribution in [0.1, 0.15) is 10.3 Å². The van der Waals surface area contributed by atoms with Crippen molar-refractivity contribution in [2.75, 3.05) is 24.6 Å². The van der Waals surface area contributed by atoms with Crippen LogP contribution in [0.3, 0.4) is 0 Å². The first-order valence-electron chi connectivity index (χ1n) is 7.29. The molecular formula is C13H18Br2N4O5S3. The van der Waals surface area contributed by atoms with Crippen molar-refractivity contribution in [2.45, 2.75) is 5.25 Å². The Bertz CT molecular complexity index is 1020. The van der Waals surface area contributed by atoms with E-state index in [0.717, 1.165) is 15.8 Å². The molecule has 2 aromatic rings. The number of sulfone groups is 1. The van der Waals surface area contributed by atoms with Crippen LogP contribution in [-0.2, 0) is 24.7 Å². The first-order valence-corrected chi connectivity index (χ1v) is 12.3. The highest BCUT2D eigenvalue weighted by Crippen LogP contribution is 2.32. The van der Waals surface area contributed by atoms with Gasteiger partial charge < -0.3 is 11.1 Å². The Hall–Kier alpha value is -0.640. The number of hydrogen-bond donors (Lipinski definition) is 3. The summed E-state index contributed by atoms with van der Waals surface area (Å²) in [5.74, 6) is -1.77. The number of halogens is 2. The highest BCUT2D eigenvalue weighted by atomic mass is 79.9. The second-order valence-electron chi connectivity index (χ2n) is 5.36. The monoisotopic (exact) mass is 564 g/mol. The maximum Gasteiger partial charge on any atom is 0.245 e. The zero-order valence-electron chi connectivity index (χ0n) is 13.8. The summed E-state index contributed by atoms with van der Waals surface area (Å²) in [5.41, 5.74) is 5.91. The fourth-order valence-electron chi connectivity index (χ4n) is 2.15. The number of nitrogens with two attached hydrogens (primary N) is 2. The standard InChI is InChI=1S/C13H17BrN4O5S3.BrH/c14-8-1-2-9-10(7-8)24-13(18-9)11(25(20,21)5-3-15)12(19)17-4-6-26(16,22)23;/h1-2,7,11H,3-6,15H2,(H,17,19)(H2,16,22,23);1H. The summed E-state index contributed by atoms with van der Waals surface area (Å²) in [6, 6.07) is 5.22. The fraction of sp³-hybridized carbons (Fsp3) is 0.385. The van der Waals surface area contributed by atoms with Crippen LogP contribution < -0.4 is 16.2 Å². The molecule has 0 aliphatic heterocycles. The van der Waals surface area contributed by atoms with E-state index in [1.165, 1.54) is 0 Å². The highest BCUT2D eigenvalue weighted by Gasteiger charge is 2.36. The Labute approximate surface area is 179 Å². The number of aromatic nitrogens is 1. The summed E-state index contributed by atoms with van der Waals surface area (Å²) in [6.07, 6.45) is 0. The molecule has 0 radical (unpaired) electrons. The largest absolute Gasteiger partial charge is 0.354 e. The number of rotatable bonds is 8. The van der Waals surface area contributed by atoms with E-state index in [-0.39, 0.29) is 35.1 Å². The number of hydrogen-bond acceptors (Lipinski definition) is 8. The average molecular weight is 566 g/mol. The van der Waals surface area contributed by atoms with Crippen LogP contribution in [0.25, 0.3) is 10.2 Å². The number of benzene rings is 1. The van der Waals surface area contributed by atoms with Gasteiger partial charge in [-0.25, -0.2) is 27.0 Å². The van der Waals surface area contributed by atoms with Crippen molar-refractivity contribution in [3.05, 3.63) is 27.7 Å². The number of sulfonamides is 1. The van der Waals surface area contributed by atoms with Crippen LogP contribution in [0, 0.1) is 0 Å². The molecule has 9 nitrogen and oxygen atoms in total. The third kappa shape index (κ3) is 6.73. The molecule has 5 N–H and O–H groups in total. The minimum atomic E-state index is -3.93. The number of amides is 1. The lowest BCUT2D eigenvalue weighted by molar-refractivity contribution is -0.120. The van der Waals surface area contributed by atoms with Crippen molar-refractivity contribution in [3.63, 3.8) is 0 Å². The third-order valence-electron chi connectivity index (χ3n) is 3.28. The molecule has 0 spiro atoms. The maximum absolute atomic E-state index is 12.6. The molecule has 1 aromatic carbocycles. The van der Waals surface area contributed by atoms with E-state index in [1.54, 1.807) is 18.2 Å². The van der Waals surface area contributed by atoms with Gasteiger partial charge in [0.05, 0.1) is 21.7 Å². The Balaban J connectivity index is 0.00000364. The Morgan fingerprint density at radius 1 is 1.26 bits per heavy atom. The minimum absolute atomic E-state index is 0. The van der Waals surface area contributed by atoms with Crippen LogP contribution in [0.15, 0.2) is 22.7 Å². The molecule has 1 heterocycles. The van der Waals surface area contributed by atoms with E-state index in [9.17, 15) is 21.6 Å². The van der Waals surface area contributed by atoms with Crippen molar-refractivity contribution in [1.29, 1.82) is 0 Å². The Morgan fingerprint density at radius 2 is 1.93 bits per heavy atom. The molecule has 0 aliphatic rings. The third-order valence-corrected chi connectivity index (χ3v) is 7.74. The number of carbonyl (C=O) groups is 1. The van der Waals surface area contributed by atoms with Gasteiger partial charge in [0.1, 0.15) is 5.01 Å². The van der Waals surface area contributed by atoms with Crippen LogP contribution >= 0.6 is 44.2 Å². The Morgan fingerprint density at radius 3 is 2.52 bits per heavy atom. The van der Waals surface area contributed by atoms with Gasteiger partial charge in [-0.3, -0.25) is 4.79 Å². The topological polar surface area (TPSA) is 162 Å². The lowest BCUT2D eigenvalue weighted by atomic mass is 10.3. The molecule has 1 aromatic heterocycles. The molecule has 1 amide bonds. The van der Waals surface area contributed by atoms with Crippen LogP contribution in [0.2, 0.25) is 0 Å². The van der Waals surface area contributed by atoms with Crippen LogP contribution in [0.5, 0.6) is 0 Å². The molecule has 152 valence electrons. The summed E-state index contributed by atoms with van der Waals surface area (Å²) >= 11 is 4.40. The van der Waals surface area contributed by atoms with Gasteiger partial charge in [0.15, 0.2) is 15.1 Å². The predicted molar refractivity (Wildman–Crippen MR) is 114 cm³/mol. The number of carbonyl (C=O) groups excluding carboxylic acids is 1. The summed E-state index contributed by atoms with van der Waals surface area (Å²) in [4.78, 5) is 16.7. The van der Waals surface area contributed by atoms with Crippen LogP contribution in [0.4, 0.5) is 0 Å². The maximum atomic E-state index is 12.6. The molecule has 1 atom stereocenters. The van der Waals surface area contributed by atoms with Crippen LogP contribution in [-0.4, -0.2) is 52.3 Å². The van der Waals surface area contributed by atoms with Gasteiger partial charge in [-0.1, -0.05) is 15.9 Å². The SMILES string of the molecule is Br.NCCS(=O)(=O)C(C(=O)NCCS(N)(=O)=O)c1nc2ccc(Br)cc2s1. The fourth-order valence-corrected chi connectivity index (χ4v) is 5.95. The van der Waals surface area contributed by atoms with Gasteiger partial charge in [0.2, 0.25) is 15.9 Å². The van der Waals surface area contributed by atoms with E-state index in [4.69, 9.17) is 10.9 Å². The lowest BCUT2D eigenvalue weighted by Crippen LogP contribution is -2.38. The van der Waals surface area contributed by atoms with E-state index in [0.29, 0.717) is 10.2 Å². The van der Waals surface area contributed by atoms with Crippen molar-refractivity contribution < 1.29 is 21.6 Å². The summed E-state index contributed by atoms with van der Waals surface area (Å²) in [6.45, 7) is -0.456. The molecule has 0 fully saturated rings. The summed E-state index contributed by atoms with van der Waals surface area (Å²) in [7, 11) is -7.71. The van der Waals surface area contributed by atoms with Gasteiger partial charge >= 0.3 is 0 Å². The lowest BCUT2D eigenvalue weighted by Gasteiger charge is -2.15. The zero-order chi connectivity index (χ0) is 19.5. The molecule has 0 bridgehead atoms. The van der Waals surface area contributed by atoms with Crippen molar-refractivity contribution >= 4 is 80.2 Å². The van der Waals surface area contributed by atoms with Crippen molar-refractivity contribution in [1.82, 2.24) is 10.3 Å². The molecule has 0 saturated heterocycles. The van der Waals surface area contributed by atoms with E-state index in [1.807, 2.05) is 0 Å². The summed E-state index contributed by atoms with van der Waals surface area (Å²) in [5, 5.41) is 5.71. The predicted octanol–water partition coefficient (Wildman–Crippen LogP) is 0.456. The number of nitrogens with zero attached hydrogens (tertiary/aromatic N) is 1. The van der Waals surface area contributed by atoms with Gasteiger partial charge in [0.25, 0.3) is 0 Å². The molecule has 0 aliphatic carbocycles. The molecule has 2 rings (SSSR count). The molecule has 1 unspecified atom stereocenters. The van der Waals surface area contributed by atoms with E-state index < -0.39 is 42.5 Å². The Kier molecular flexibility index (Phi) is 8.78. The first kappa shape index (κ1) is 24.4. The highest BCUT2D eigenvalue weighted by molar-refractivity contribution is 9.10. The van der Waals surface area contributed by atoms with Gasteiger partial charge in [0, 0.05) is 17.6 Å². The second kappa shape index (κ2) is 9.71. The van der Waals surface area contributed by atoms with Gasteiger partial charge in [-0.2, -0.15) is 0 Å². The van der Waals surface area contributed by atoms with Gasteiger partial charge in [-0.15, -0.1) is 28.3 Å². The van der Waals surface area contributed by atoms with E-state index >= 15 is 0 Å². The number of nitrogens with one attached hydrogen (secondary N) is 1. The number of fused-ring (bicyclic) bond motifs is 1. The smallest absolute Gasteiger partial charge is 0.245 e. The summed E-state index contributed by atoms with van der Waals surface area (Å²) < 4.78 is 48.6. The van der Waals surface area contributed by atoms with Gasteiger partial charge in [-0.05, 0) is 18.2 Å². The number of primary sulfonamides is 1.